The van der Waals surface area contributed by atoms with Gasteiger partial charge in [-0.05, 0) is 25.8 Å². The molecule has 0 aromatic heterocycles. The first kappa shape index (κ1) is 12.9. The first-order valence-electron chi connectivity index (χ1n) is 7.12. The highest BCUT2D eigenvalue weighted by atomic mass is 19.1. The van der Waals surface area contributed by atoms with Gasteiger partial charge in [-0.2, -0.15) is 0 Å². The lowest BCUT2D eigenvalue weighted by atomic mass is 10.1. The summed E-state index contributed by atoms with van der Waals surface area (Å²) in [5, 5.41) is 9.81. The molecular weight excluding hydrogens is 243 g/mol. The van der Waals surface area contributed by atoms with Crippen molar-refractivity contribution in [2.45, 2.75) is 31.9 Å². The standard InChI is InChI=1S/C15H21FN2O/c1-11(19)13-3-2-4-14(16)15(13)18-9-7-17(8-10-18)12-5-6-12/h2-4,11-12,19H,5-10H2,1H3. The third kappa shape index (κ3) is 2.60. The van der Waals surface area contributed by atoms with E-state index in [0.717, 1.165) is 32.2 Å². The predicted molar refractivity (Wildman–Crippen MR) is 73.8 cm³/mol. The monoisotopic (exact) mass is 264 g/mol. The molecule has 1 N–H and O–H groups in total. The average molecular weight is 264 g/mol. The zero-order chi connectivity index (χ0) is 13.4. The van der Waals surface area contributed by atoms with Crippen molar-refractivity contribution < 1.29 is 9.50 Å². The van der Waals surface area contributed by atoms with Crippen molar-refractivity contribution in [3.05, 3.63) is 29.6 Å². The minimum Gasteiger partial charge on any atom is -0.389 e. The Labute approximate surface area is 113 Å². The molecule has 1 unspecified atom stereocenters. The van der Waals surface area contributed by atoms with Gasteiger partial charge < -0.3 is 10.0 Å². The fraction of sp³-hybridized carbons (Fsp3) is 0.600. The molecule has 1 aliphatic carbocycles. The maximum Gasteiger partial charge on any atom is 0.146 e. The molecule has 0 radical (unpaired) electrons. The van der Waals surface area contributed by atoms with E-state index in [1.807, 2.05) is 6.07 Å². The molecule has 1 aromatic rings. The number of halogens is 1. The molecule has 0 amide bonds. The Bertz CT molecular complexity index is 451. The van der Waals surface area contributed by atoms with E-state index in [4.69, 9.17) is 0 Å². The Balaban J connectivity index is 1.78. The maximum absolute atomic E-state index is 14.1. The van der Waals surface area contributed by atoms with Crippen LogP contribution in [0.5, 0.6) is 0 Å². The number of aliphatic hydroxyl groups is 1. The van der Waals surface area contributed by atoms with Gasteiger partial charge in [-0.3, -0.25) is 4.90 Å². The molecule has 4 heteroatoms. The van der Waals surface area contributed by atoms with Gasteiger partial charge in [-0.25, -0.2) is 4.39 Å². The van der Waals surface area contributed by atoms with Crippen LogP contribution in [0.2, 0.25) is 0 Å². The zero-order valence-electron chi connectivity index (χ0n) is 11.3. The Morgan fingerprint density at radius 2 is 1.89 bits per heavy atom. The second-order valence-corrected chi connectivity index (χ2v) is 5.61. The first-order valence-corrected chi connectivity index (χ1v) is 7.12. The number of benzene rings is 1. The zero-order valence-corrected chi connectivity index (χ0v) is 11.3. The molecular formula is C15H21FN2O. The molecule has 3 rings (SSSR count). The molecule has 1 saturated heterocycles. The third-order valence-corrected chi connectivity index (χ3v) is 4.16. The second kappa shape index (κ2) is 5.10. The Morgan fingerprint density at radius 3 is 2.47 bits per heavy atom. The summed E-state index contributed by atoms with van der Waals surface area (Å²) < 4.78 is 14.1. The van der Waals surface area contributed by atoms with Crippen LogP contribution in [0.1, 0.15) is 31.4 Å². The fourth-order valence-electron chi connectivity index (χ4n) is 2.95. The minimum absolute atomic E-state index is 0.224. The lowest BCUT2D eigenvalue weighted by molar-refractivity contribution is 0.198. The minimum atomic E-state index is -0.632. The second-order valence-electron chi connectivity index (χ2n) is 5.61. The summed E-state index contributed by atoms with van der Waals surface area (Å²) in [5.74, 6) is -0.224. The summed E-state index contributed by atoms with van der Waals surface area (Å²) in [6, 6.07) is 5.74. The Kier molecular flexibility index (Phi) is 3.46. The van der Waals surface area contributed by atoms with Crippen LogP contribution in [0.25, 0.3) is 0 Å². The van der Waals surface area contributed by atoms with Crippen molar-refractivity contribution in [1.82, 2.24) is 4.90 Å². The van der Waals surface area contributed by atoms with E-state index in [2.05, 4.69) is 9.80 Å². The van der Waals surface area contributed by atoms with Crippen molar-refractivity contribution in [2.24, 2.45) is 0 Å². The molecule has 0 spiro atoms. The molecule has 1 saturated carbocycles. The molecule has 2 fully saturated rings. The normalized spacial score (nSPS) is 22.6. The van der Waals surface area contributed by atoms with Crippen LogP contribution in [-0.4, -0.2) is 42.2 Å². The van der Waals surface area contributed by atoms with Crippen molar-refractivity contribution in [1.29, 1.82) is 0 Å². The van der Waals surface area contributed by atoms with E-state index in [9.17, 15) is 9.50 Å². The van der Waals surface area contributed by atoms with Gasteiger partial charge in [0.15, 0.2) is 0 Å². The number of piperazine rings is 1. The van der Waals surface area contributed by atoms with Gasteiger partial charge in [0.05, 0.1) is 11.8 Å². The van der Waals surface area contributed by atoms with E-state index in [1.165, 1.54) is 18.9 Å². The summed E-state index contributed by atoms with van der Waals surface area (Å²) in [6.07, 6.45) is 2.00. The van der Waals surface area contributed by atoms with Crippen molar-refractivity contribution >= 4 is 5.69 Å². The van der Waals surface area contributed by atoms with Gasteiger partial charge in [0, 0.05) is 37.8 Å². The lowest BCUT2D eigenvalue weighted by Gasteiger charge is -2.37. The number of anilines is 1. The first-order chi connectivity index (χ1) is 9.16. The molecule has 104 valence electrons. The lowest BCUT2D eigenvalue weighted by Crippen LogP contribution is -2.47. The van der Waals surface area contributed by atoms with Crippen LogP contribution in [-0.2, 0) is 0 Å². The van der Waals surface area contributed by atoms with E-state index in [1.54, 1.807) is 13.0 Å². The summed E-state index contributed by atoms with van der Waals surface area (Å²) in [7, 11) is 0. The highest BCUT2D eigenvalue weighted by Crippen LogP contribution is 2.32. The fourth-order valence-corrected chi connectivity index (χ4v) is 2.95. The highest BCUT2D eigenvalue weighted by molar-refractivity contribution is 5.56. The number of aliphatic hydroxyl groups excluding tert-OH is 1. The predicted octanol–water partition coefficient (Wildman–Crippen LogP) is 2.16. The number of hydrogen-bond donors (Lipinski definition) is 1. The van der Waals surface area contributed by atoms with Gasteiger partial charge in [0.2, 0.25) is 0 Å². The highest BCUT2D eigenvalue weighted by Gasteiger charge is 2.32. The molecule has 1 aromatic carbocycles. The van der Waals surface area contributed by atoms with Gasteiger partial charge >= 0.3 is 0 Å². The summed E-state index contributed by atoms with van der Waals surface area (Å²) >= 11 is 0. The van der Waals surface area contributed by atoms with Crippen LogP contribution in [0.4, 0.5) is 10.1 Å². The number of rotatable bonds is 3. The van der Waals surface area contributed by atoms with Crippen LogP contribution in [0.15, 0.2) is 18.2 Å². The topological polar surface area (TPSA) is 26.7 Å². The van der Waals surface area contributed by atoms with Gasteiger partial charge in [-0.1, -0.05) is 12.1 Å². The number of hydrogen-bond acceptors (Lipinski definition) is 3. The van der Waals surface area contributed by atoms with Crippen LogP contribution >= 0.6 is 0 Å². The van der Waals surface area contributed by atoms with Crippen LogP contribution in [0, 0.1) is 5.82 Å². The van der Waals surface area contributed by atoms with E-state index >= 15 is 0 Å². The molecule has 1 heterocycles. The van der Waals surface area contributed by atoms with Crippen LogP contribution in [0.3, 0.4) is 0 Å². The van der Waals surface area contributed by atoms with Gasteiger partial charge in [0.25, 0.3) is 0 Å². The molecule has 2 aliphatic rings. The molecule has 0 bridgehead atoms. The molecule has 1 aliphatic heterocycles. The maximum atomic E-state index is 14.1. The number of nitrogens with zero attached hydrogens (tertiary/aromatic N) is 2. The van der Waals surface area contributed by atoms with Gasteiger partial charge in [0.1, 0.15) is 5.82 Å². The van der Waals surface area contributed by atoms with E-state index in [0.29, 0.717) is 11.3 Å². The summed E-state index contributed by atoms with van der Waals surface area (Å²) in [5.41, 5.74) is 1.29. The number of para-hydroxylation sites is 1. The SMILES string of the molecule is CC(O)c1cccc(F)c1N1CCN(C2CC2)CC1. The van der Waals surface area contributed by atoms with E-state index < -0.39 is 6.10 Å². The van der Waals surface area contributed by atoms with Gasteiger partial charge in [-0.15, -0.1) is 0 Å². The molecule has 19 heavy (non-hydrogen) atoms. The Hall–Kier alpha value is -1.13. The van der Waals surface area contributed by atoms with Crippen molar-refractivity contribution in [2.75, 3.05) is 31.1 Å². The summed E-state index contributed by atoms with van der Waals surface area (Å²) in [4.78, 5) is 4.58. The van der Waals surface area contributed by atoms with Crippen molar-refractivity contribution in [3.8, 4) is 0 Å². The van der Waals surface area contributed by atoms with Crippen LogP contribution < -0.4 is 4.90 Å². The molecule has 1 atom stereocenters. The van der Waals surface area contributed by atoms with Crippen molar-refractivity contribution in [3.63, 3.8) is 0 Å². The quantitative estimate of drug-likeness (QED) is 0.906. The Morgan fingerprint density at radius 1 is 1.21 bits per heavy atom. The largest absolute Gasteiger partial charge is 0.389 e. The summed E-state index contributed by atoms with van der Waals surface area (Å²) in [6.45, 7) is 5.38. The average Bonchev–Trinajstić information content (AvgIpc) is 3.23. The third-order valence-electron chi connectivity index (χ3n) is 4.16. The van der Waals surface area contributed by atoms with E-state index in [-0.39, 0.29) is 5.82 Å². The molecule has 3 nitrogen and oxygen atoms in total. The smallest absolute Gasteiger partial charge is 0.146 e.